The van der Waals surface area contributed by atoms with Crippen LogP contribution in [-0.4, -0.2) is 186 Å². The summed E-state index contributed by atoms with van der Waals surface area (Å²) in [6.45, 7) is 0.0430. The standard InChI is InChI=1S/C44H64N8O18S2/c1-71-20-17-28(40(65)50-30(44(69)70)12-16-36(60)61)48-42(67)32-4-3-19-52(32)43(68)29(18-21-72-2)49-41(66)31(22-23-5-7-24(53)8-6-23)51-39(64)27(11-15-35(58)59)47-38(63)26(10-14-34(56)57)46-37(62)25(45)9-13-33(54)55/h5-8,25-32,53H,3-4,9-22,45H2,1-2H3,(H,46,62)(H,47,63)(H,48,67)(H,49,66)(H,50,65)(H,51,64)(H,54,55)(H,56,57)(H,58,59)(H,60,61)(H,69,70). The number of rotatable bonds is 34. The van der Waals surface area contributed by atoms with Crippen LogP contribution in [0.15, 0.2) is 24.3 Å². The fourth-order valence-electron chi connectivity index (χ4n) is 7.22. The molecule has 7 amide bonds. The largest absolute Gasteiger partial charge is 0.508 e. The van der Waals surface area contributed by atoms with Crippen LogP contribution in [0.1, 0.15) is 82.6 Å². The summed E-state index contributed by atoms with van der Waals surface area (Å²) in [6.07, 6.45) is -0.701. The summed E-state index contributed by atoms with van der Waals surface area (Å²) in [5.74, 6) is -12.9. The van der Waals surface area contributed by atoms with E-state index in [9.17, 15) is 78.0 Å². The molecular weight excluding hydrogens is 993 g/mol. The Morgan fingerprint density at radius 2 is 0.958 bits per heavy atom. The van der Waals surface area contributed by atoms with Gasteiger partial charge in [0.25, 0.3) is 0 Å². The summed E-state index contributed by atoms with van der Waals surface area (Å²) in [6, 6.07) is -6.33. The van der Waals surface area contributed by atoms with Crippen LogP contribution >= 0.6 is 23.5 Å². The number of carbonyl (C=O) groups excluding carboxylic acids is 7. The van der Waals surface area contributed by atoms with Gasteiger partial charge in [-0.1, -0.05) is 12.1 Å². The number of aromatic hydroxyl groups is 1. The Morgan fingerprint density at radius 1 is 0.556 bits per heavy atom. The van der Waals surface area contributed by atoms with Crippen LogP contribution in [0.5, 0.6) is 5.75 Å². The van der Waals surface area contributed by atoms with Gasteiger partial charge in [0.2, 0.25) is 41.4 Å². The van der Waals surface area contributed by atoms with Crippen molar-refractivity contribution in [2.24, 2.45) is 5.73 Å². The predicted molar refractivity (Wildman–Crippen MR) is 257 cm³/mol. The number of amides is 7. The Kier molecular flexibility index (Phi) is 27.0. The number of nitrogens with zero attached hydrogens (tertiary/aromatic N) is 1. The van der Waals surface area contributed by atoms with E-state index in [2.05, 4.69) is 31.9 Å². The molecule has 0 aromatic heterocycles. The van der Waals surface area contributed by atoms with Gasteiger partial charge in [-0.25, -0.2) is 4.79 Å². The maximum absolute atomic E-state index is 14.4. The number of hydrogen-bond donors (Lipinski definition) is 13. The Labute approximate surface area is 422 Å². The lowest BCUT2D eigenvalue weighted by Gasteiger charge is -2.31. The number of benzene rings is 1. The molecule has 0 bridgehead atoms. The molecule has 28 heteroatoms. The molecule has 0 saturated carbocycles. The van der Waals surface area contributed by atoms with Crippen molar-refractivity contribution in [3.05, 3.63) is 29.8 Å². The molecule has 0 radical (unpaired) electrons. The van der Waals surface area contributed by atoms with Crippen molar-refractivity contribution < 1.29 is 88.2 Å². The SMILES string of the molecule is CSCCC(NC(=O)C1CCCN1C(=O)C(CCSC)NC(=O)C(Cc1ccc(O)cc1)NC(=O)C(CCC(=O)O)NC(=O)C(CCC(=O)O)NC(=O)C(N)CCC(=O)O)C(=O)NC(CCC(=O)O)C(=O)O. The van der Waals surface area contributed by atoms with Crippen LogP contribution in [0.3, 0.4) is 0 Å². The average Bonchev–Trinajstić information content (AvgIpc) is 3.82. The monoisotopic (exact) mass is 1060 g/mol. The molecule has 1 aliphatic rings. The molecule has 1 aliphatic heterocycles. The predicted octanol–water partition coefficient (Wildman–Crippen LogP) is -1.79. The van der Waals surface area contributed by atoms with Gasteiger partial charge in [-0.15, -0.1) is 0 Å². The fourth-order valence-corrected chi connectivity index (χ4v) is 8.17. The zero-order chi connectivity index (χ0) is 54.1. The zero-order valence-corrected chi connectivity index (χ0v) is 41.3. The van der Waals surface area contributed by atoms with Gasteiger partial charge in [0, 0.05) is 38.6 Å². The van der Waals surface area contributed by atoms with Crippen LogP contribution in [0.2, 0.25) is 0 Å². The molecule has 400 valence electrons. The first-order chi connectivity index (χ1) is 34.0. The number of thioether (sulfide) groups is 2. The molecule has 26 nitrogen and oxygen atoms in total. The van der Waals surface area contributed by atoms with E-state index in [1.165, 1.54) is 52.7 Å². The number of carboxylic acid groups (broad SMARTS) is 5. The summed E-state index contributed by atoms with van der Waals surface area (Å²) < 4.78 is 0. The third-order valence-corrected chi connectivity index (χ3v) is 12.4. The Balaban J connectivity index is 2.46. The van der Waals surface area contributed by atoms with Crippen LogP contribution in [0, 0.1) is 0 Å². The lowest BCUT2D eigenvalue weighted by atomic mass is 10.0. The number of likely N-dealkylation sites (tertiary alicyclic amines) is 1. The quantitative estimate of drug-likeness (QED) is 0.0363. The van der Waals surface area contributed by atoms with Gasteiger partial charge in [0.15, 0.2) is 0 Å². The van der Waals surface area contributed by atoms with E-state index in [1.807, 2.05) is 0 Å². The van der Waals surface area contributed by atoms with E-state index in [0.29, 0.717) is 23.5 Å². The van der Waals surface area contributed by atoms with Gasteiger partial charge in [0.1, 0.15) is 48.0 Å². The number of carboxylic acids is 5. The molecule has 14 N–H and O–H groups in total. The second-order valence-corrected chi connectivity index (χ2v) is 18.6. The van der Waals surface area contributed by atoms with E-state index in [0.717, 1.165) is 0 Å². The summed E-state index contributed by atoms with van der Waals surface area (Å²) in [5, 5.41) is 70.9. The Morgan fingerprint density at radius 3 is 1.44 bits per heavy atom. The van der Waals surface area contributed by atoms with Gasteiger partial charge in [0.05, 0.1) is 6.04 Å². The van der Waals surface area contributed by atoms with Gasteiger partial charge in [-0.3, -0.25) is 52.7 Å². The molecule has 8 unspecified atom stereocenters. The first-order valence-corrected chi connectivity index (χ1v) is 25.5. The highest BCUT2D eigenvalue weighted by Gasteiger charge is 2.40. The van der Waals surface area contributed by atoms with Crippen molar-refractivity contribution in [2.45, 2.75) is 132 Å². The second-order valence-electron chi connectivity index (χ2n) is 16.7. The maximum Gasteiger partial charge on any atom is 0.326 e. The highest BCUT2D eigenvalue weighted by molar-refractivity contribution is 7.98. The highest BCUT2D eigenvalue weighted by atomic mass is 32.2. The molecule has 1 saturated heterocycles. The molecular formula is C44H64N8O18S2. The van der Waals surface area contributed by atoms with Crippen LogP contribution < -0.4 is 37.6 Å². The molecule has 1 fully saturated rings. The number of carbonyl (C=O) groups is 12. The van der Waals surface area contributed by atoms with Crippen LogP contribution in [-0.2, 0) is 64.0 Å². The van der Waals surface area contributed by atoms with Crippen molar-refractivity contribution in [1.29, 1.82) is 0 Å². The Hall–Kier alpha value is -6.68. The summed E-state index contributed by atoms with van der Waals surface area (Å²) in [7, 11) is 0. The van der Waals surface area contributed by atoms with Gasteiger partial charge >= 0.3 is 29.8 Å². The zero-order valence-electron chi connectivity index (χ0n) is 39.7. The number of hydrogen-bond acceptors (Lipinski definition) is 16. The first-order valence-electron chi connectivity index (χ1n) is 22.7. The van der Waals surface area contributed by atoms with E-state index in [1.54, 1.807) is 12.5 Å². The number of nitrogens with two attached hydrogens (primary N) is 1. The molecule has 1 aromatic rings. The van der Waals surface area contributed by atoms with Crippen LogP contribution in [0.4, 0.5) is 0 Å². The van der Waals surface area contributed by atoms with Crippen LogP contribution in [0.25, 0.3) is 0 Å². The van der Waals surface area contributed by atoms with E-state index < -0.39 is 164 Å². The minimum Gasteiger partial charge on any atom is -0.508 e. The molecule has 72 heavy (non-hydrogen) atoms. The van der Waals surface area contributed by atoms with Crippen molar-refractivity contribution in [3.63, 3.8) is 0 Å². The van der Waals surface area contributed by atoms with Gasteiger partial charge in [-0.2, -0.15) is 23.5 Å². The third-order valence-electron chi connectivity index (χ3n) is 11.1. The maximum atomic E-state index is 14.4. The van der Waals surface area contributed by atoms with Crippen molar-refractivity contribution in [3.8, 4) is 5.75 Å². The topological polar surface area (TPSA) is 428 Å². The van der Waals surface area contributed by atoms with Crippen molar-refractivity contribution in [1.82, 2.24) is 36.8 Å². The molecule has 0 spiro atoms. The number of phenolic OH excluding ortho intramolecular Hbond substituents is 1. The molecule has 1 aromatic carbocycles. The lowest BCUT2D eigenvalue weighted by Crippen LogP contribution is -2.60. The van der Waals surface area contributed by atoms with Crippen molar-refractivity contribution >= 4 is 94.7 Å². The summed E-state index contributed by atoms with van der Waals surface area (Å²) in [4.78, 5) is 155. The smallest absolute Gasteiger partial charge is 0.326 e. The normalized spacial score (nSPS) is 16.0. The average molecular weight is 1060 g/mol. The first kappa shape index (κ1) is 61.4. The second kappa shape index (κ2) is 31.6. The summed E-state index contributed by atoms with van der Waals surface area (Å²) in [5.41, 5.74) is 6.15. The van der Waals surface area contributed by atoms with Gasteiger partial charge in [-0.05, 0) is 93.1 Å². The van der Waals surface area contributed by atoms with E-state index in [4.69, 9.17) is 15.9 Å². The Bertz CT molecular complexity index is 2100. The fraction of sp³-hybridized carbons (Fsp3) is 0.591. The molecule has 1 heterocycles. The van der Waals surface area contributed by atoms with Crippen molar-refractivity contribution in [2.75, 3.05) is 30.6 Å². The van der Waals surface area contributed by atoms with E-state index in [-0.39, 0.29) is 44.4 Å². The van der Waals surface area contributed by atoms with E-state index >= 15 is 0 Å². The summed E-state index contributed by atoms with van der Waals surface area (Å²) >= 11 is 2.65. The molecule has 8 atom stereocenters. The van der Waals surface area contributed by atoms with Gasteiger partial charge < -0.3 is 73.2 Å². The molecule has 0 aliphatic carbocycles. The minimum atomic E-state index is -1.74. The molecule has 2 rings (SSSR count). The minimum absolute atomic E-state index is 0.00282. The third kappa shape index (κ3) is 22.2. The lowest BCUT2D eigenvalue weighted by molar-refractivity contribution is -0.144. The number of nitrogens with one attached hydrogen (secondary N) is 6. The number of phenols is 1. The highest BCUT2D eigenvalue weighted by Crippen LogP contribution is 2.21. The number of aliphatic carboxylic acids is 5.